The summed E-state index contributed by atoms with van der Waals surface area (Å²) in [5.41, 5.74) is 2.27. The van der Waals surface area contributed by atoms with Gasteiger partial charge in [0.25, 0.3) is 11.8 Å². The third-order valence-electron chi connectivity index (χ3n) is 3.61. The Labute approximate surface area is 155 Å². The van der Waals surface area contributed by atoms with Crippen molar-refractivity contribution in [1.29, 1.82) is 0 Å². The molecule has 0 N–H and O–H groups in total. The number of imide groups is 1. The number of amides is 2. The van der Waals surface area contributed by atoms with Crippen LogP contribution >= 0.6 is 24.0 Å². The average molecular weight is 369 g/mol. The van der Waals surface area contributed by atoms with Crippen molar-refractivity contribution in [2.45, 2.75) is 0 Å². The fraction of sp³-hybridized carbons (Fsp3) is 0.111. The number of anilines is 1. The van der Waals surface area contributed by atoms with E-state index in [1.165, 1.54) is 6.20 Å². The number of carbonyl (C=O) groups excluding carboxylic acids is 2. The molecule has 2 heterocycles. The molecular weight excluding hydrogens is 354 g/mol. The maximum Gasteiger partial charge on any atom is 0.273 e. The number of thiocarbonyl (C=S) groups is 1. The van der Waals surface area contributed by atoms with Gasteiger partial charge < -0.3 is 4.90 Å². The average Bonchev–Trinajstić information content (AvgIpc) is 2.89. The summed E-state index contributed by atoms with van der Waals surface area (Å²) in [6.45, 7) is 0. The first-order valence-corrected chi connectivity index (χ1v) is 8.69. The lowest BCUT2D eigenvalue weighted by atomic mass is 10.2. The number of aromatic nitrogens is 1. The quantitative estimate of drug-likeness (QED) is 0.471. The van der Waals surface area contributed by atoms with Crippen molar-refractivity contribution in [1.82, 2.24) is 9.88 Å². The van der Waals surface area contributed by atoms with Crippen LogP contribution in [0.25, 0.3) is 6.08 Å². The molecule has 7 heteroatoms. The van der Waals surface area contributed by atoms with Crippen molar-refractivity contribution in [2.75, 3.05) is 19.0 Å². The summed E-state index contributed by atoms with van der Waals surface area (Å²) in [6, 6.07) is 11.0. The fourth-order valence-electron chi connectivity index (χ4n) is 2.28. The lowest BCUT2D eigenvalue weighted by molar-refractivity contribution is -0.120. The molecule has 0 radical (unpaired) electrons. The van der Waals surface area contributed by atoms with E-state index in [1.54, 1.807) is 24.4 Å². The van der Waals surface area contributed by atoms with Gasteiger partial charge in [-0.3, -0.25) is 14.6 Å². The van der Waals surface area contributed by atoms with Crippen LogP contribution in [-0.4, -0.2) is 40.1 Å². The number of hydrogen-bond acceptors (Lipinski definition) is 6. The molecular formula is C18H15N3O2S2. The zero-order valence-corrected chi connectivity index (χ0v) is 15.3. The van der Waals surface area contributed by atoms with E-state index in [0.717, 1.165) is 27.9 Å². The topological polar surface area (TPSA) is 53.5 Å². The minimum Gasteiger partial charge on any atom is -0.378 e. The molecule has 0 saturated carbocycles. The molecule has 0 unspecified atom stereocenters. The number of rotatable bonds is 3. The predicted molar refractivity (Wildman–Crippen MR) is 104 cm³/mol. The van der Waals surface area contributed by atoms with E-state index in [0.29, 0.717) is 10.5 Å². The number of pyridine rings is 1. The maximum atomic E-state index is 12.6. The van der Waals surface area contributed by atoms with E-state index in [-0.39, 0.29) is 4.32 Å². The molecule has 1 aromatic carbocycles. The third-order valence-corrected chi connectivity index (χ3v) is 4.91. The zero-order chi connectivity index (χ0) is 18.0. The van der Waals surface area contributed by atoms with Crippen LogP contribution < -0.4 is 4.90 Å². The Morgan fingerprint density at radius 2 is 1.96 bits per heavy atom. The predicted octanol–water partition coefficient (Wildman–Crippen LogP) is 3.19. The van der Waals surface area contributed by atoms with Crippen molar-refractivity contribution < 1.29 is 9.59 Å². The van der Waals surface area contributed by atoms with E-state index in [4.69, 9.17) is 12.2 Å². The standard InChI is InChI=1S/C18H15N3O2S2/c1-20(2)14-7-5-12(6-8-14)10-15-17(23)21(18(24)25-15)16(22)13-4-3-9-19-11-13/h3-11H,1-2H3/b15-10+. The first kappa shape index (κ1) is 17.3. The van der Waals surface area contributed by atoms with Crippen LogP contribution in [-0.2, 0) is 4.79 Å². The zero-order valence-electron chi connectivity index (χ0n) is 13.7. The van der Waals surface area contributed by atoms with Crippen LogP contribution in [0.4, 0.5) is 5.69 Å². The highest BCUT2D eigenvalue weighted by molar-refractivity contribution is 8.26. The van der Waals surface area contributed by atoms with Gasteiger partial charge in [0.15, 0.2) is 4.32 Å². The van der Waals surface area contributed by atoms with E-state index >= 15 is 0 Å². The lowest BCUT2D eigenvalue weighted by Crippen LogP contribution is -2.34. The van der Waals surface area contributed by atoms with Crippen LogP contribution in [0.3, 0.4) is 0 Å². The van der Waals surface area contributed by atoms with Crippen molar-refractivity contribution in [3.05, 3.63) is 64.8 Å². The Hall–Kier alpha value is -2.51. The van der Waals surface area contributed by atoms with Gasteiger partial charge in [-0.25, -0.2) is 4.90 Å². The largest absolute Gasteiger partial charge is 0.378 e. The second-order valence-electron chi connectivity index (χ2n) is 5.55. The Morgan fingerprint density at radius 3 is 2.56 bits per heavy atom. The molecule has 2 aromatic rings. The molecule has 1 aliphatic rings. The van der Waals surface area contributed by atoms with Gasteiger partial charge in [-0.15, -0.1) is 0 Å². The number of hydrogen-bond donors (Lipinski definition) is 0. The highest BCUT2D eigenvalue weighted by Gasteiger charge is 2.37. The number of thioether (sulfide) groups is 1. The lowest BCUT2D eigenvalue weighted by Gasteiger charge is -2.12. The van der Waals surface area contributed by atoms with Crippen LogP contribution in [0.2, 0.25) is 0 Å². The van der Waals surface area contributed by atoms with E-state index in [2.05, 4.69) is 4.98 Å². The van der Waals surface area contributed by atoms with Gasteiger partial charge >= 0.3 is 0 Å². The van der Waals surface area contributed by atoms with Crippen LogP contribution in [0.5, 0.6) is 0 Å². The molecule has 2 amide bonds. The van der Waals surface area contributed by atoms with E-state index in [1.807, 2.05) is 43.3 Å². The molecule has 3 rings (SSSR count). The molecule has 126 valence electrons. The van der Waals surface area contributed by atoms with Crippen molar-refractivity contribution >= 4 is 51.9 Å². The van der Waals surface area contributed by atoms with Crippen LogP contribution in [0.15, 0.2) is 53.7 Å². The van der Waals surface area contributed by atoms with Gasteiger partial charge in [0.1, 0.15) is 0 Å². The highest BCUT2D eigenvalue weighted by Crippen LogP contribution is 2.33. The van der Waals surface area contributed by atoms with E-state index in [9.17, 15) is 9.59 Å². The molecule has 5 nitrogen and oxygen atoms in total. The van der Waals surface area contributed by atoms with Gasteiger partial charge in [0.05, 0.1) is 10.5 Å². The van der Waals surface area contributed by atoms with Crippen molar-refractivity contribution in [2.24, 2.45) is 0 Å². The van der Waals surface area contributed by atoms with Crippen LogP contribution in [0.1, 0.15) is 15.9 Å². The Morgan fingerprint density at radius 1 is 1.24 bits per heavy atom. The van der Waals surface area contributed by atoms with Gasteiger partial charge in [-0.1, -0.05) is 36.1 Å². The Bertz CT molecular complexity index is 862. The summed E-state index contributed by atoms with van der Waals surface area (Å²) in [5, 5.41) is 0. The maximum absolute atomic E-state index is 12.6. The molecule has 1 saturated heterocycles. The van der Waals surface area contributed by atoms with Crippen molar-refractivity contribution in [3.8, 4) is 0 Å². The molecule has 0 spiro atoms. The van der Waals surface area contributed by atoms with Gasteiger partial charge in [0, 0.05) is 32.2 Å². The minimum atomic E-state index is -0.457. The first-order valence-electron chi connectivity index (χ1n) is 7.47. The Kier molecular flexibility index (Phi) is 4.96. The second-order valence-corrected chi connectivity index (χ2v) is 7.23. The van der Waals surface area contributed by atoms with Crippen molar-refractivity contribution in [3.63, 3.8) is 0 Å². The fourth-order valence-corrected chi connectivity index (χ4v) is 3.54. The molecule has 0 aliphatic carbocycles. The highest BCUT2D eigenvalue weighted by atomic mass is 32.2. The van der Waals surface area contributed by atoms with E-state index < -0.39 is 11.8 Å². The summed E-state index contributed by atoms with van der Waals surface area (Å²) in [6.07, 6.45) is 4.73. The molecule has 1 fully saturated rings. The SMILES string of the molecule is CN(C)c1ccc(/C=C2/SC(=S)N(C(=O)c3cccnc3)C2=O)cc1. The minimum absolute atomic E-state index is 0.231. The monoisotopic (exact) mass is 369 g/mol. The summed E-state index contributed by atoms with van der Waals surface area (Å²) >= 11 is 6.35. The van der Waals surface area contributed by atoms with Gasteiger partial charge in [0.2, 0.25) is 0 Å². The molecule has 0 atom stereocenters. The number of benzene rings is 1. The number of carbonyl (C=O) groups is 2. The van der Waals surface area contributed by atoms with Crippen LogP contribution in [0, 0.1) is 0 Å². The first-order chi connectivity index (χ1) is 12.0. The van der Waals surface area contributed by atoms with Gasteiger partial charge in [-0.2, -0.15) is 0 Å². The summed E-state index contributed by atoms with van der Waals surface area (Å²) < 4.78 is 0.231. The summed E-state index contributed by atoms with van der Waals surface area (Å²) in [7, 11) is 3.92. The normalized spacial score (nSPS) is 15.8. The molecule has 1 aromatic heterocycles. The second kappa shape index (κ2) is 7.16. The molecule has 25 heavy (non-hydrogen) atoms. The summed E-state index contributed by atoms with van der Waals surface area (Å²) in [4.78, 5) is 32.5. The third kappa shape index (κ3) is 3.62. The number of nitrogens with zero attached hydrogens (tertiary/aromatic N) is 3. The Balaban J connectivity index is 1.84. The summed E-state index contributed by atoms with van der Waals surface area (Å²) in [5.74, 6) is -0.859. The van der Waals surface area contributed by atoms with Gasteiger partial charge in [-0.05, 0) is 35.9 Å². The molecule has 1 aliphatic heterocycles. The molecule has 0 bridgehead atoms. The smallest absolute Gasteiger partial charge is 0.273 e.